The molecule has 0 rings (SSSR count). The number of hydrogen-bond acceptors (Lipinski definition) is 3. The monoisotopic (exact) mass is 269 g/mol. The van der Waals surface area contributed by atoms with Crippen LogP contribution in [0.5, 0.6) is 0 Å². The van der Waals surface area contributed by atoms with Crippen molar-refractivity contribution in [1.29, 1.82) is 0 Å². The number of unbranched alkanes of at least 4 members (excludes halogenated alkanes) is 6. The Bertz CT molecular complexity index is 239. The maximum Gasteiger partial charge on any atom is 0.353 e. The van der Waals surface area contributed by atoms with Crippen LogP contribution in [0.1, 0.15) is 65.2 Å². The average Bonchev–Trinajstić information content (AvgIpc) is 2.44. The van der Waals surface area contributed by atoms with E-state index in [-0.39, 0.29) is 5.97 Å². The first-order chi connectivity index (χ1) is 9.17. The Morgan fingerprint density at radius 1 is 0.947 bits per heavy atom. The van der Waals surface area contributed by atoms with E-state index in [2.05, 4.69) is 25.3 Å². The minimum Gasteiger partial charge on any atom is -0.464 e. The van der Waals surface area contributed by atoms with Crippen LogP contribution >= 0.6 is 0 Å². The molecule has 0 saturated heterocycles. The highest BCUT2D eigenvalue weighted by Gasteiger charge is 2.14. The SMILES string of the molecule is C=C(C(=O)OC)N(CCCCCC)CCCCCC. The minimum atomic E-state index is -0.300. The number of hydrogen-bond donors (Lipinski definition) is 0. The second-order valence-electron chi connectivity index (χ2n) is 5.05. The van der Waals surface area contributed by atoms with Crippen molar-refractivity contribution in [1.82, 2.24) is 4.90 Å². The van der Waals surface area contributed by atoms with Gasteiger partial charge in [0.15, 0.2) is 0 Å². The van der Waals surface area contributed by atoms with Crippen molar-refractivity contribution >= 4 is 5.97 Å². The van der Waals surface area contributed by atoms with Crippen molar-refractivity contribution < 1.29 is 9.53 Å². The molecule has 0 bridgehead atoms. The summed E-state index contributed by atoms with van der Waals surface area (Å²) in [5.74, 6) is -0.300. The molecule has 0 saturated carbocycles. The van der Waals surface area contributed by atoms with Gasteiger partial charge in [-0.1, -0.05) is 59.0 Å². The molecule has 0 heterocycles. The fourth-order valence-corrected chi connectivity index (χ4v) is 2.09. The first kappa shape index (κ1) is 18.0. The predicted molar refractivity (Wildman–Crippen MR) is 81.0 cm³/mol. The fourth-order valence-electron chi connectivity index (χ4n) is 2.09. The van der Waals surface area contributed by atoms with E-state index >= 15 is 0 Å². The number of rotatable bonds is 12. The molecule has 0 fully saturated rings. The summed E-state index contributed by atoms with van der Waals surface area (Å²) in [4.78, 5) is 13.7. The highest BCUT2D eigenvalue weighted by molar-refractivity contribution is 5.86. The third-order valence-corrected chi connectivity index (χ3v) is 3.37. The quantitative estimate of drug-likeness (QED) is 0.303. The summed E-state index contributed by atoms with van der Waals surface area (Å²) in [7, 11) is 1.42. The van der Waals surface area contributed by atoms with Gasteiger partial charge in [0.1, 0.15) is 5.70 Å². The van der Waals surface area contributed by atoms with E-state index in [4.69, 9.17) is 4.74 Å². The molecule has 19 heavy (non-hydrogen) atoms. The number of nitrogens with zero attached hydrogens (tertiary/aromatic N) is 1. The van der Waals surface area contributed by atoms with E-state index in [1.807, 2.05) is 0 Å². The number of carbonyl (C=O) groups excluding carboxylic acids is 1. The maximum absolute atomic E-state index is 11.6. The van der Waals surface area contributed by atoms with Gasteiger partial charge in [0.05, 0.1) is 7.11 Å². The minimum absolute atomic E-state index is 0.300. The van der Waals surface area contributed by atoms with E-state index in [9.17, 15) is 4.79 Å². The lowest BCUT2D eigenvalue weighted by Crippen LogP contribution is -2.29. The van der Waals surface area contributed by atoms with Crippen molar-refractivity contribution in [2.24, 2.45) is 0 Å². The zero-order valence-corrected chi connectivity index (χ0v) is 13.0. The highest BCUT2D eigenvalue weighted by Crippen LogP contribution is 2.11. The number of esters is 1. The summed E-state index contributed by atoms with van der Waals surface area (Å²) in [5.41, 5.74) is 0.510. The Morgan fingerprint density at radius 2 is 1.42 bits per heavy atom. The Labute approximate surface area is 119 Å². The van der Waals surface area contributed by atoms with E-state index in [1.165, 1.54) is 45.6 Å². The fraction of sp³-hybridized carbons (Fsp3) is 0.812. The van der Waals surface area contributed by atoms with Gasteiger partial charge in [0, 0.05) is 13.1 Å². The van der Waals surface area contributed by atoms with Gasteiger partial charge in [-0.05, 0) is 12.8 Å². The van der Waals surface area contributed by atoms with Gasteiger partial charge < -0.3 is 9.64 Å². The van der Waals surface area contributed by atoms with Crippen LogP contribution in [0.4, 0.5) is 0 Å². The van der Waals surface area contributed by atoms with Crippen molar-refractivity contribution in [3.8, 4) is 0 Å². The smallest absolute Gasteiger partial charge is 0.353 e. The second kappa shape index (κ2) is 12.1. The predicted octanol–water partition coefficient (Wildman–Crippen LogP) is 4.14. The van der Waals surface area contributed by atoms with Crippen LogP contribution in [0.2, 0.25) is 0 Å². The first-order valence-electron chi connectivity index (χ1n) is 7.69. The molecule has 0 radical (unpaired) electrons. The molecule has 0 aromatic carbocycles. The lowest BCUT2D eigenvalue weighted by molar-refractivity contribution is -0.137. The van der Waals surface area contributed by atoms with Crippen LogP contribution in [0.15, 0.2) is 12.3 Å². The van der Waals surface area contributed by atoms with Crippen LogP contribution in [0.3, 0.4) is 0 Å². The number of carbonyl (C=O) groups is 1. The van der Waals surface area contributed by atoms with E-state index in [0.29, 0.717) is 5.70 Å². The molecular weight excluding hydrogens is 238 g/mol. The van der Waals surface area contributed by atoms with Crippen LogP contribution in [0.25, 0.3) is 0 Å². The van der Waals surface area contributed by atoms with E-state index in [0.717, 1.165) is 25.9 Å². The van der Waals surface area contributed by atoms with Crippen LogP contribution < -0.4 is 0 Å². The van der Waals surface area contributed by atoms with Crippen molar-refractivity contribution in [2.45, 2.75) is 65.2 Å². The molecule has 0 atom stereocenters. The molecule has 0 spiro atoms. The van der Waals surface area contributed by atoms with Gasteiger partial charge in [-0.3, -0.25) is 0 Å². The van der Waals surface area contributed by atoms with Gasteiger partial charge in [-0.15, -0.1) is 0 Å². The van der Waals surface area contributed by atoms with Crippen molar-refractivity contribution in [2.75, 3.05) is 20.2 Å². The lowest BCUT2D eigenvalue weighted by atomic mass is 10.1. The normalized spacial score (nSPS) is 10.3. The zero-order chi connectivity index (χ0) is 14.5. The Kier molecular flexibility index (Phi) is 11.4. The van der Waals surface area contributed by atoms with Crippen molar-refractivity contribution in [3.05, 3.63) is 12.3 Å². The molecule has 112 valence electrons. The lowest BCUT2D eigenvalue weighted by Gasteiger charge is -2.25. The van der Waals surface area contributed by atoms with Gasteiger partial charge >= 0.3 is 5.97 Å². The largest absolute Gasteiger partial charge is 0.464 e. The molecular formula is C16H31NO2. The number of ether oxygens (including phenoxy) is 1. The van der Waals surface area contributed by atoms with Crippen molar-refractivity contribution in [3.63, 3.8) is 0 Å². The van der Waals surface area contributed by atoms with Crippen LogP contribution in [-0.4, -0.2) is 31.1 Å². The second-order valence-corrected chi connectivity index (χ2v) is 5.05. The van der Waals surface area contributed by atoms with Gasteiger partial charge in [0.2, 0.25) is 0 Å². The molecule has 3 nitrogen and oxygen atoms in total. The van der Waals surface area contributed by atoms with E-state index in [1.54, 1.807) is 0 Å². The molecule has 0 aromatic rings. The van der Waals surface area contributed by atoms with Gasteiger partial charge in [-0.2, -0.15) is 0 Å². The summed E-state index contributed by atoms with van der Waals surface area (Å²) >= 11 is 0. The zero-order valence-electron chi connectivity index (χ0n) is 13.0. The topological polar surface area (TPSA) is 29.5 Å². The molecule has 0 unspecified atom stereocenters. The first-order valence-corrected chi connectivity index (χ1v) is 7.69. The van der Waals surface area contributed by atoms with Gasteiger partial charge in [-0.25, -0.2) is 4.79 Å². The molecule has 0 N–H and O–H groups in total. The average molecular weight is 269 g/mol. The van der Waals surface area contributed by atoms with Crippen LogP contribution in [-0.2, 0) is 9.53 Å². The molecule has 0 aliphatic carbocycles. The standard InChI is InChI=1S/C16H31NO2/c1-5-7-9-11-13-17(14-12-10-8-6-2)15(3)16(18)19-4/h3,5-14H2,1-2,4H3. The number of methoxy groups -OCH3 is 1. The third kappa shape index (κ3) is 8.68. The van der Waals surface area contributed by atoms with E-state index < -0.39 is 0 Å². The maximum atomic E-state index is 11.6. The summed E-state index contributed by atoms with van der Waals surface area (Å²) in [5, 5.41) is 0. The molecule has 0 aromatic heterocycles. The molecule has 0 aliphatic rings. The summed E-state index contributed by atoms with van der Waals surface area (Å²) in [6.45, 7) is 10.1. The summed E-state index contributed by atoms with van der Waals surface area (Å²) in [6.07, 6.45) is 9.66. The molecule has 3 heteroatoms. The Morgan fingerprint density at radius 3 is 1.79 bits per heavy atom. The third-order valence-electron chi connectivity index (χ3n) is 3.37. The summed E-state index contributed by atoms with van der Waals surface area (Å²) < 4.78 is 4.77. The van der Waals surface area contributed by atoms with Gasteiger partial charge in [0.25, 0.3) is 0 Å². The van der Waals surface area contributed by atoms with Crippen LogP contribution in [0, 0.1) is 0 Å². The molecule has 0 aliphatic heterocycles. The Hall–Kier alpha value is -0.990. The molecule has 0 amide bonds. The summed E-state index contributed by atoms with van der Waals surface area (Å²) in [6, 6.07) is 0. The highest BCUT2D eigenvalue weighted by atomic mass is 16.5. The Balaban J connectivity index is 4.13.